The molecule has 0 bridgehead atoms. The summed E-state index contributed by atoms with van der Waals surface area (Å²) in [5.41, 5.74) is 6.72. The maximum Gasteiger partial charge on any atom is 0.221 e. The lowest BCUT2D eigenvalue weighted by atomic mass is 10.0. The first-order valence-corrected chi connectivity index (χ1v) is 8.43. The van der Waals surface area contributed by atoms with Gasteiger partial charge in [0.25, 0.3) is 0 Å². The van der Waals surface area contributed by atoms with Gasteiger partial charge in [0.05, 0.1) is 0 Å². The highest BCUT2D eigenvalue weighted by atomic mass is 79.9. The average molecular weight is 391 g/mol. The number of amides is 1. The minimum Gasteiger partial charge on any atom is -0.354 e. The van der Waals surface area contributed by atoms with Crippen LogP contribution in [0.2, 0.25) is 0 Å². The summed E-state index contributed by atoms with van der Waals surface area (Å²) >= 11 is 3.52. The van der Waals surface area contributed by atoms with Crippen molar-refractivity contribution in [2.45, 2.75) is 38.3 Å². The Morgan fingerprint density at radius 1 is 1.41 bits per heavy atom. The quantitative estimate of drug-likeness (QED) is 0.785. The standard InChI is InChI=1S/C16H24BrN3O.ClH/c17-14-5-3-4-13(10-14)12-20-9-2-1-6-15(20)11-19-16(21)7-8-18;/h3-5,10,15H,1-2,6-9,11-12,18H2,(H,19,21);1H. The Kier molecular flexibility index (Phi) is 9.02. The van der Waals surface area contributed by atoms with Crippen LogP contribution in [0, 0.1) is 0 Å². The van der Waals surface area contributed by atoms with E-state index in [2.05, 4.69) is 44.3 Å². The third-order valence-corrected chi connectivity index (χ3v) is 4.42. The van der Waals surface area contributed by atoms with Gasteiger partial charge in [-0.2, -0.15) is 0 Å². The first kappa shape index (κ1) is 19.4. The van der Waals surface area contributed by atoms with E-state index >= 15 is 0 Å². The van der Waals surface area contributed by atoms with Crippen LogP contribution >= 0.6 is 28.3 Å². The molecule has 4 nitrogen and oxygen atoms in total. The number of likely N-dealkylation sites (tertiary alicyclic amines) is 1. The molecular weight excluding hydrogens is 366 g/mol. The van der Waals surface area contributed by atoms with Crippen LogP contribution in [0.25, 0.3) is 0 Å². The second kappa shape index (κ2) is 10.2. The molecule has 1 atom stereocenters. The molecule has 3 N–H and O–H groups in total. The molecule has 0 radical (unpaired) electrons. The monoisotopic (exact) mass is 389 g/mol. The van der Waals surface area contributed by atoms with Gasteiger partial charge in [0.1, 0.15) is 0 Å². The Bertz CT molecular complexity index is 472. The van der Waals surface area contributed by atoms with Crippen LogP contribution in [-0.4, -0.2) is 36.5 Å². The third-order valence-electron chi connectivity index (χ3n) is 3.93. The molecule has 1 aromatic rings. The SMILES string of the molecule is Cl.NCCC(=O)NCC1CCCCN1Cc1cccc(Br)c1. The molecule has 1 aliphatic heterocycles. The van der Waals surface area contributed by atoms with Gasteiger partial charge in [-0.1, -0.05) is 34.5 Å². The number of nitrogens with zero attached hydrogens (tertiary/aromatic N) is 1. The van der Waals surface area contributed by atoms with E-state index in [4.69, 9.17) is 5.73 Å². The third kappa shape index (κ3) is 6.24. The second-order valence-electron chi connectivity index (χ2n) is 5.59. The van der Waals surface area contributed by atoms with Crippen molar-refractivity contribution in [1.29, 1.82) is 0 Å². The Balaban J connectivity index is 0.00000242. The van der Waals surface area contributed by atoms with E-state index in [1.807, 2.05) is 6.07 Å². The van der Waals surface area contributed by atoms with Gasteiger partial charge in [-0.15, -0.1) is 12.4 Å². The number of halogens is 2. The largest absolute Gasteiger partial charge is 0.354 e. The van der Waals surface area contributed by atoms with Gasteiger partial charge in [-0.05, 0) is 37.1 Å². The fourth-order valence-electron chi connectivity index (χ4n) is 2.82. The number of benzene rings is 1. The zero-order chi connectivity index (χ0) is 15.1. The van der Waals surface area contributed by atoms with E-state index < -0.39 is 0 Å². The second-order valence-corrected chi connectivity index (χ2v) is 6.51. The zero-order valence-corrected chi connectivity index (χ0v) is 15.2. The van der Waals surface area contributed by atoms with Crippen LogP contribution in [-0.2, 0) is 11.3 Å². The maximum atomic E-state index is 11.6. The van der Waals surface area contributed by atoms with Crippen LogP contribution in [0.5, 0.6) is 0 Å². The summed E-state index contributed by atoms with van der Waals surface area (Å²) in [6.45, 7) is 3.19. The van der Waals surface area contributed by atoms with E-state index in [1.54, 1.807) is 0 Å². The summed E-state index contributed by atoms with van der Waals surface area (Å²) in [5, 5.41) is 3.01. The van der Waals surface area contributed by atoms with Crippen molar-refractivity contribution >= 4 is 34.2 Å². The molecule has 1 aliphatic rings. The normalized spacial score (nSPS) is 18.5. The minimum absolute atomic E-state index is 0. The minimum atomic E-state index is 0. The Morgan fingerprint density at radius 2 is 2.23 bits per heavy atom. The number of nitrogens with two attached hydrogens (primary N) is 1. The number of nitrogens with one attached hydrogen (secondary N) is 1. The van der Waals surface area contributed by atoms with Gasteiger partial charge in [-0.25, -0.2) is 0 Å². The molecule has 1 fully saturated rings. The summed E-state index contributed by atoms with van der Waals surface area (Å²) in [4.78, 5) is 14.1. The number of hydrogen-bond acceptors (Lipinski definition) is 3. The Labute approximate surface area is 147 Å². The first-order chi connectivity index (χ1) is 10.2. The highest BCUT2D eigenvalue weighted by Gasteiger charge is 2.22. The van der Waals surface area contributed by atoms with Gasteiger partial charge in [0.15, 0.2) is 0 Å². The van der Waals surface area contributed by atoms with E-state index in [1.165, 1.54) is 18.4 Å². The topological polar surface area (TPSA) is 58.4 Å². The van der Waals surface area contributed by atoms with Crippen molar-refractivity contribution in [1.82, 2.24) is 10.2 Å². The summed E-state index contributed by atoms with van der Waals surface area (Å²) in [5.74, 6) is 0.0606. The molecule has 22 heavy (non-hydrogen) atoms. The van der Waals surface area contributed by atoms with Crippen LogP contribution < -0.4 is 11.1 Å². The molecule has 1 aromatic carbocycles. The maximum absolute atomic E-state index is 11.6. The fraction of sp³-hybridized carbons (Fsp3) is 0.562. The van der Waals surface area contributed by atoms with Crippen LogP contribution in [0.1, 0.15) is 31.2 Å². The molecule has 6 heteroatoms. The average Bonchev–Trinajstić information content (AvgIpc) is 2.47. The van der Waals surface area contributed by atoms with Gasteiger partial charge in [-0.3, -0.25) is 9.69 Å². The van der Waals surface area contributed by atoms with Gasteiger partial charge < -0.3 is 11.1 Å². The number of piperidine rings is 1. The predicted octanol–water partition coefficient (Wildman–Crippen LogP) is 2.69. The lowest BCUT2D eigenvalue weighted by Gasteiger charge is -2.36. The number of carbonyl (C=O) groups is 1. The molecule has 0 aliphatic carbocycles. The molecule has 2 rings (SSSR count). The van der Waals surface area contributed by atoms with Crippen LogP contribution in [0.4, 0.5) is 0 Å². The van der Waals surface area contributed by atoms with Gasteiger partial charge in [0, 0.05) is 36.6 Å². The molecule has 0 aromatic heterocycles. The Hall–Kier alpha value is -0.620. The fourth-order valence-corrected chi connectivity index (χ4v) is 3.27. The van der Waals surface area contributed by atoms with Crippen molar-refractivity contribution in [2.24, 2.45) is 5.73 Å². The zero-order valence-electron chi connectivity index (χ0n) is 12.8. The lowest BCUT2D eigenvalue weighted by Crippen LogP contribution is -2.46. The molecule has 1 heterocycles. The highest BCUT2D eigenvalue weighted by Crippen LogP contribution is 2.20. The molecule has 0 saturated carbocycles. The molecule has 1 unspecified atom stereocenters. The Morgan fingerprint density at radius 3 is 2.95 bits per heavy atom. The first-order valence-electron chi connectivity index (χ1n) is 7.64. The van der Waals surface area contributed by atoms with Gasteiger partial charge >= 0.3 is 0 Å². The van der Waals surface area contributed by atoms with Crippen molar-refractivity contribution in [2.75, 3.05) is 19.6 Å². The summed E-state index contributed by atoms with van der Waals surface area (Å²) < 4.78 is 1.12. The predicted molar refractivity (Wildman–Crippen MR) is 96.1 cm³/mol. The lowest BCUT2D eigenvalue weighted by molar-refractivity contribution is -0.121. The smallest absolute Gasteiger partial charge is 0.221 e. The van der Waals surface area contributed by atoms with Crippen molar-refractivity contribution < 1.29 is 4.79 Å². The van der Waals surface area contributed by atoms with Crippen LogP contribution in [0.15, 0.2) is 28.7 Å². The number of carbonyl (C=O) groups excluding carboxylic acids is 1. The molecule has 1 saturated heterocycles. The highest BCUT2D eigenvalue weighted by molar-refractivity contribution is 9.10. The molecular formula is C16H25BrClN3O. The van der Waals surface area contributed by atoms with Crippen LogP contribution in [0.3, 0.4) is 0 Å². The van der Waals surface area contributed by atoms with Gasteiger partial charge in [0.2, 0.25) is 5.91 Å². The van der Waals surface area contributed by atoms with Crippen molar-refractivity contribution in [3.05, 3.63) is 34.3 Å². The summed E-state index contributed by atoms with van der Waals surface area (Å²) in [7, 11) is 0. The van der Waals surface area contributed by atoms with E-state index in [0.29, 0.717) is 19.0 Å². The molecule has 0 spiro atoms. The van der Waals surface area contributed by atoms with Crippen molar-refractivity contribution in [3.63, 3.8) is 0 Å². The number of rotatable bonds is 6. The summed E-state index contributed by atoms with van der Waals surface area (Å²) in [6, 6.07) is 8.87. The molecule has 1 amide bonds. The van der Waals surface area contributed by atoms with E-state index in [0.717, 1.165) is 30.5 Å². The summed E-state index contributed by atoms with van der Waals surface area (Å²) in [6.07, 6.45) is 4.04. The number of hydrogen-bond donors (Lipinski definition) is 2. The molecule has 124 valence electrons. The van der Waals surface area contributed by atoms with Crippen molar-refractivity contribution in [3.8, 4) is 0 Å². The van der Waals surface area contributed by atoms with E-state index in [9.17, 15) is 4.79 Å². The van der Waals surface area contributed by atoms with E-state index in [-0.39, 0.29) is 18.3 Å².